The minimum atomic E-state index is -0.658. The van der Waals surface area contributed by atoms with E-state index in [2.05, 4.69) is 15.6 Å². The highest BCUT2D eigenvalue weighted by molar-refractivity contribution is 6.06. The van der Waals surface area contributed by atoms with E-state index in [0.717, 1.165) is 0 Å². The van der Waals surface area contributed by atoms with Crippen LogP contribution >= 0.6 is 0 Å². The Morgan fingerprint density at radius 1 is 1.03 bits per heavy atom. The lowest BCUT2D eigenvalue weighted by Crippen LogP contribution is -2.31. The molecule has 1 aliphatic heterocycles. The molecule has 2 aromatic heterocycles. The van der Waals surface area contributed by atoms with Crippen molar-refractivity contribution in [1.29, 1.82) is 0 Å². The maximum absolute atomic E-state index is 13.7. The zero-order valence-corrected chi connectivity index (χ0v) is 20.2. The third-order valence-electron chi connectivity index (χ3n) is 5.87. The smallest absolute Gasteiger partial charge is 0.255 e. The second-order valence-corrected chi connectivity index (χ2v) is 8.03. The van der Waals surface area contributed by atoms with Crippen LogP contribution in [0, 0.1) is 0 Å². The van der Waals surface area contributed by atoms with Crippen LogP contribution in [0.2, 0.25) is 0 Å². The molecule has 2 aromatic carbocycles. The molecule has 1 unspecified atom stereocenters. The van der Waals surface area contributed by atoms with Gasteiger partial charge in [0.1, 0.15) is 6.04 Å². The van der Waals surface area contributed by atoms with Gasteiger partial charge < -0.3 is 29.3 Å². The van der Waals surface area contributed by atoms with E-state index in [0.29, 0.717) is 57.3 Å². The Labute approximate surface area is 207 Å². The summed E-state index contributed by atoms with van der Waals surface area (Å²) in [6.07, 6.45) is 1.56. The molecule has 10 nitrogen and oxygen atoms in total. The van der Waals surface area contributed by atoms with E-state index < -0.39 is 6.04 Å². The number of benzene rings is 2. The quantitative estimate of drug-likeness (QED) is 0.392. The molecule has 0 radical (unpaired) electrons. The van der Waals surface area contributed by atoms with Crippen molar-refractivity contribution in [2.24, 2.45) is 0 Å². The van der Waals surface area contributed by atoms with Crippen LogP contribution in [0.3, 0.4) is 0 Å². The number of allylic oxidation sites excluding steroid dienone is 1. The molecule has 0 bridgehead atoms. The standard InChI is InChI=1S/C26H25N5O5/c1-15-21(25(32)28-17-9-6-5-7-10-17)22(16-13-19(33-2)23(35-4)20(14-16)34-3)31-26(27-15)29-24(30-31)18-11-8-12-36-18/h5-14,22H,1-4H3,(H,28,32)(H,27,29,30). The number of furan rings is 1. The van der Waals surface area contributed by atoms with Gasteiger partial charge in [0.25, 0.3) is 5.91 Å². The van der Waals surface area contributed by atoms with Crippen LogP contribution in [0.1, 0.15) is 18.5 Å². The molecule has 36 heavy (non-hydrogen) atoms. The van der Waals surface area contributed by atoms with Crippen molar-refractivity contribution in [2.45, 2.75) is 13.0 Å². The summed E-state index contributed by atoms with van der Waals surface area (Å²) in [6, 6.07) is 15.8. The minimum absolute atomic E-state index is 0.286. The molecular formula is C26H25N5O5. The summed E-state index contributed by atoms with van der Waals surface area (Å²) in [6.45, 7) is 1.83. The van der Waals surface area contributed by atoms with Crippen molar-refractivity contribution in [2.75, 3.05) is 32.0 Å². The van der Waals surface area contributed by atoms with Crippen LogP contribution in [0.4, 0.5) is 11.6 Å². The number of anilines is 2. The van der Waals surface area contributed by atoms with Crippen molar-refractivity contribution >= 4 is 17.5 Å². The number of rotatable bonds is 7. The lowest BCUT2D eigenvalue weighted by Gasteiger charge is -2.29. The lowest BCUT2D eigenvalue weighted by molar-refractivity contribution is -0.113. The van der Waals surface area contributed by atoms with Gasteiger partial charge in [-0.15, -0.1) is 5.10 Å². The molecule has 3 heterocycles. The first-order chi connectivity index (χ1) is 17.5. The first-order valence-electron chi connectivity index (χ1n) is 11.2. The molecule has 4 aromatic rings. The molecule has 2 N–H and O–H groups in total. The fraction of sp³-hybridized carbons (Fsp3) is 0.192. The molecule has 0 spiro atoms. The molecule has 0 fully saturated rings. The summed E-state index contributed by atoms with van der Waals surface area (Å²) in [5.41, 5.74) is 2.46. The van der Waals surface area contributed by atoms with E-state index >= 15 is 0 Å². The Morgan fingerprint density at radius 2 is 1.75 bits per heavy atom. The van der Waals surface area contributed by atoms with Gasteiger partial charge in [-0.2, -0.15) is 4.98 Å². The van der Waals surface area contributed by atoms with Gasteiger partial charge in [0.2, 0.25) is 17.5 Å². The van der Waals surface area contributed by atoms with E-state index in [4.69, 9.17) is 23.7 Å². The van der Waals surface area contributed by atoms with E-state index in [1.54, 1.807) is 56.5 Å². The summed E-state index contributed by atoms with van der Waals surface area (Å²) in [7, 11) is 4.63. The number of carbonyl (C=O) groups is 1. The van der Waals surface area contributed by atoms with E-state index in [1.807, 2.05) is 37.3 Å². The second kappa shape index (κ2) is 9.49. The average Bonchev–Trinajstić information content (AvgIpc) is 3.57. The molecule has 1 amide bonds. The number of hydrogen-bond donors (Lipinski definition) is 2. The maximum Gasteiger partial charge on any atom is 0.255 e. The van der Waals surface area contributed by atoms with E-state index in [9.17, 15) is 4.79 Å². The predicted molar refractivity (Wildman–Crippen MR) is 133 cm³/mol. The number of nitrogens with zero attached hydrogens (tertiary/aromatic N) is 3. The minimum Gasteiger partial charge on any atom is -0.493 e. The predicted octanol–water partition coefficient (Wildman–Crippen LogP) is 4.49. The Kier molecular flexibility index (Phi) is 6.07. The second-order valence-electron chi connectivity index (χ2n) is 8.03. The van der Waals surface area contributed by atoms with Crippen molar-refractivity contribution < 1.29 is 23.4 Å². The topological polar surface area (TPSA) is 113 Å². The van der Waals surface area contributed by atoms with Gasteiger partial charge in [-0.05, 0) is 48.9 Å². The SMILES string of the molecule is COc1cc(C2C(C(=O)Nc3ccccc3)=C(C)Nc3nc(-c4ccco4)nn32)cc(OC)c1OC. The molecule has 0 saturated carbocycles. The maximum atomic E-state index is 13.7. The van der Waals surface area contributed by atoms with Crippen molar-refractivity contribution in [3.8, 4) is 28.8 Å². The molecule has 184 valence electrons. The van der Waals surface area contributed by atoms with E-state index in [1.165, 1.54) is 0 Å². The number of carbonyl (C=O) groups excluding carboxylic acids is 1. The van der Waals surface area contributed by atoms with Crippen molar-refractivity contribution in [3.05, 3.63) is 77.7 Å². The van der Waals surface area contributed by atoms with Gasteiger partial charge in [0.05, 0.1) is 33.2 Å². The first-order valence-corrected chi connectivity index (χ1v) is 11.2. The summed E-state index contributed by atoms with van der Waals surface area (Å²) in [4.78, 5) is 18.3. The number of nitrogens with one attached hydrogen (secondary N) is 2. The fourth-order valence-corrected chi connectivity index (χ4v) is 4.24. The van der Waals surface area contributed by atoms with Crippen LogP contribution < -0.4 is 24.8 Å². The zero-order chi connectivity index (χ0) is 25.2. The number of fused-ring (bicyclic) bond motifs is 1. The third-order valence-corrected chi connectivity index (χ3v) is 5.87. The zero-order valence-electron chi connectivity index (χ0n) is 20.2. The number of amides is 1. The molecule has 0 saturated heterocycles. The molecule has 1 aliphatic rings. The molecule has 1 atom stereocenters. The molecule has 10 heteroatoms. The third kappa shape index (κ3) is 4.02. The highest BCUT2D eigenvalue weighted by Gasteiger charge is 2.36. The van der Waals surface area contributed by atoms with Gasteiger partial charge >= 0.3 is 0 Å². The Balaban J connectivity index is 1.67. The number of para-hydroxylation sites is 1. The molecule has 0 aliphatic carbocycles. The van der Waals surface area contributed by atoms with Crippen LogP contribution in [-0.4, -0.2) is 42.0 Å². The van der Waals surface area contributed by atoms with Crippen molar-refractivity contribution in [3.63, 3.8) is 0 Å². The number of hydrogen-bond acceptors (Lipinski definition) is 8. The number of aromatic nitrogens is 3. The van der Waals surface area contributed by atoms with Gasteiger partial charge in [-0.3, -0.25) is 4.79 Å². The highest BCUT2D eigenvalue weighted by Crippen LogP contribution is 2.44. The average molecular weight is 488 g/mol. The van der Waals surface area contributed by atoms with Gasteiger partial charge in [0.15, 0.2) is 17.3 Å². The highest BCUT2D eigenvalue weighted by atomic mass is 16.5. The summed E-state index contributed by atoms with van der Waals surface area (Å²) < 4.78 is 23.8. The Bertz CT molecular complexity index is 1400. The molecular weight excluding hydrogens is 462 g/mol. The number of methoxy groups -OCH3 is 3. The normalized spacial score (nSPS) is 14.6. The Hall–Kier alpha value is -4.73. The van der Waals surface area contributed by atoms with Gasteiger partial charge in [-0.25, -0.2) is 4.68 Å². The van der Waals surface area contributed by atoms with E-state index in [-0.39, 0.29) is 5.91 Å². The monoisotopic (exact) mass is 487 g/mol. The Morgan fingerprint density at radius 3 is 2.36 bits per heavy atom. The summed E-state index contributed by atoms with van der Waals surface area (Å²) >= 11 is 0. The van der Waals surface area contributed by atoms with Crippen LogP contribution in [0.5, 0.6) is 17.2 Å². The number of ether oxygens (including phenoxy) is 3. The van der Waals surface area contributed by atoms with Crippen LogP contribution in [0.15, 0.2) is 76.5 Å². The first kappa shape index (κ1) is 23.0. The summed E-state index contributed by atoms with van der Waals surface area (Å²) in [5, 5.41) is 10.9. The fourth-order valence-electron chi connectivity index (χ4n) is 4.24. The van der Waals surface area contributed by atoms with Crippen LogP contribution in [0.25, 0.3) is 11.6 Å². The van der Waals surface area contributed by atoms with Crippen LogP contribution in [-0.2, 0) is 4.79 Å². The molecule has 5 rings (SSSR count). The lowest BCUT2D eigenvalue weighted by atomic mass is 9.94. The van der Waals surface area contributed by atoms with Crippen molar-refractivity contribution in [1.82, 2.24) is 14.8 Å². The van der Waals surface area contributed by atoms with Gasteiger partial charge in [0, 0.05) is 11.4 Å². The largest absolute Gasteiger partial charge is 0.493 e. The summed E-state index contributed by atoms with van der Waals surface area (Å²) in [5.74, 6) is 2.44. The van der Waals surface area contributed by atoms with Gasteiger partial charge in [-0.1, -0.05) is 18.2 Å².